The number of unbranched alkanes of at least 4 members (excludes halogenated alkanes) is 24. The van der Waals surface area contributed by atoms with Crippen LogP contribution in [0.15, 0.2) is 60.8 Å². The summed E-state index contributed by atoms with van der Waals surface area (Å²) in [5, 5.41) is 9.62. The van der Waals surface area contributed by atoms with E-state index in [9.17, 15) is 9.90 Å². The third kappa shape index (κ3) is 44.4. The summed E-state index contributed by atoms with van der Waals surface area (Å²) in [7, 11) is 0. The number of ether oxygens (including phenoxy) is 2. The third-order valence-corrected chi connectivity index (χ3v) is 9.82. The summed E-state index contributed by atoms with van der Waals surface area (Å²) in [6, 6.07) is 0. The van der Waals surface area contributed by atoms with Gasteiger partial charge in [-0.2, -0.15) is 0 Å². The van der Waals surface area contributed by atoms with Gasteiger partial charge >= 0.3 is 5.97 Å². The van der Waals surface area contributed by atoms with Crippen LogP contribution in [0.5, 0.6) is 0 Å². The fourth-order valence-corrected chi connectivity index (χ4v) is 6.37. The highest BCUT2D eigenvalue weighted by molar-refractivity contribution is 5.69. The Labute approximate surface area is 330 Å². The van der Waals surface area contributed by atoms with Crippen molar-refractivity contribution in [1.29, 1.82) is 0 Å². The summed E-state index contributed by atoms with van der Waals surface area (Å²) in [6.07, 6.45) is 61.4. The maximum Gasteiger partial charge on any atom is 0.306 e. The molecule has 1 unspecified atom stereocenters. The molecule has 0 aromatic carbocycles. The first-order valence-electron chi connectivity index (χ1n) is 22.9. The molecule has 0 amide bonds. The Morgan fingerprint density at radius 1 is 0.453 bits per heavy atom. The second-order valence-corrected chi connectivity index (χ2v) is 15.1. The van der Waals surface area contributed by atoms with Gasteiger partial charge in [-0.3, -0.25) is 4.79 Å². The van der Waals surface area contributed by atoms with Crippen LogP contribution in [0.2, 0.25) is 0 Å². The Morgan fingerprint density at radius 3 is 1.23 bits per heavy atom. The van der Waals surface area contributed by atoms with Crippen LogP contribution in [-0.2, 0) is 14.3 Å². The van der Waals surface area contributed by atoms with Crippen molar-refractivity contribution in [2.75, 3.05) is 19.8 Å². The minimum absolute atomic E-state index is 0.179. The van der Waals surface area contributed by atoms with Crippen LogP contribution in [-0.4, -0.2) is 37.0 Å². The molecule has 0 aliphatic heterocycles. The topological polar surface area (TPSA) is 55.8 Å². The van der Waals surface area contributed by atoms with Crippen molar-refractivity contribution in [2.45, 2.75) is 225 Å². The Balaban J connectivity index is 3.47. The fraction of sp³-hybridized carbons (Fsp3) is 0.776. The van der Waals surface area contributed by atoms with Crippen LogP contribution < -0.4 is 0 Å². The van der Waals surface area contributed by atoms with Crippen molar-refractivity contribution in [1.82, 2.24) is 0 Å². The molecule has 0 heterocycles. The van der Waals surface area contributed by atoms with Crippen molar-refractivity contribution in [3.8, 4) is 0 Å². The standard InChI is InChI=1S/C49H88O4/c1-3-5-7-9-11-13-15-17-19-21-23-25-26-28-30-32-34-36-38-40-42-44-49(51)53-48(46-50)47-52-45-43-41-39-37-35-33-31-29-27-24-22-20-18-16-14-12-10-8-6-4-2/h12,14-15,17-18,20-21,23-24,27,48,50H,3-11,13,16,19,22,25-26,28-47H2,1-2H3/b14-12-,17-15-,20-18-,23-21-,27-24-. The van der Waals surface area contributed by atoms with E-state index in [1.807, 2.05) is 0 Å². The summed E-state index contributed by atoms with van der Waals surface area (Å²) in [5.41, 5.74) is 0. The van der Waals surface area contributed by atoms with Gasteiger partial charge in [0.15, 0.2) is 0 Å². The average Bonchev–Trinajstić information content (AvgIpc) is 3.16. The molecule has 0 aromatic rings. The third-order valence-electron chi connectivity index (χ3n) is 9.82. The normalized spacial score (nSPS) is 12.9. The molecule has 0 aliphatic rings. The van der Waals surface area contributed by atoms with Gasteiger partial charge in [-0.15, -0.1) is 0 Å². The average molecular weight is 741 g/mol. The molecule has 0 bridgehead atoms. The first-order valence-corrected chi connectivity index (χ1v) is 22.9. The van der Waals surface area contributed by atoms with Crippen LogP contribution in [0.1, 0.15) is 219 Å². The molecule has 0 saturated heterocycles. The molecule has 53 heavy (non-hydrogen) atoms. The second kappa shape index (κ2) is 46.2. The SMILES string of the molecule is CCCCC/C=C\C/C=C\C/C=C\CCCCCCCCCOCC(CO)OC(=O)CCCCCCCCCCC/C=C\C/C=C\CCCCCCC. The van der Waals surface area contributed by atoms with Gasteiger partial charge in [0, 0.05) is 13.0 Å². The lowest BCUT2D eigenvalue weighted by molar-refractivity contribution is -0.154. The Kier molecular flexibility index (Phi) is 44.6. The minimum Gasteiger partial charge on any atom is -0.457 e. The van der Waals surface area contributed by atoms with Crippen molar-refractivity contribution < 1.29 is 19.4 Å². The van der Waals surface area contributed by atoms with Gasteiger partial charge in [0.2, 0.25) is 0 Å². The molecule has 308 valence electrons. The van der Waals surface area contributed by atoms with E-state index < -0.39 is 6.10 Å². The van der Waals surface area contributed by atoms with Crippen molar-refractivity contribution in [3.05, 3.63) is 60.8 Å². The van der Waals surface area contributed by atoms with Crippen molar-refractivity contribution >= 4 is 5.97 Å². The molecule has 0 spiro atoms. The highest BCUT2D eigenvalue weighted by Gasteiger charge is 2.13. The molecule has 1 N–H and O–H groups in total. The number of hydrogen-bond donors (Lipinski definition) is 1. The molecule has 0 saturated carbocycles. The quantitative estimate of drug-likeness (QED) is 0.0385. The lowest BCUT2D eigenvalue weighted by Crippen LogP contribution is -2.27. The second-order valence-electron chi connectivity index (χ2n) is 15.1. The summed E-state index contributed by atoms with van der Waals surface area (Å²) >= 11 is 0. The van der Waals surface area contributed by atoms with E-state index in [2.05, 4.69) is 74.6 Å². The van der Waals surface area contributed by atoms with Crippen molar-refractivity contribution in [3.63, 3.8) is 0 Å². The van der Waals surface area contributed by atoms with Gasteiger partial charge in [-0.1, -0.05) is 190 Å². The summed E-state index contributed by atoms with van der Waals surface area (Å²) in [5.74, 6) is -0.209. The van der Waals surface area contributed by atoms with Crippen LogP contribution in [0, 0.1) is 0 Å². The van der Waals surface area contributed by atoms with Gasteiger partial charge in [-0.05, 0) is 83.5 Å². The smallest absolute Gasteiger partial charge is 0.306 e. The summed E-state index contributed by atoms with van der Waals surface area (Å²) < 4.78 is 11.2. The monoisotopic (exact) mass is 741 g/mol. The fourth-order valence-electron chi connectivity index (χ4n) is 6.37. The molecule has 1 atom stereocenters. The van der Waals surface area contributed by atoms with Gasteiger partial charge in [-0.25, -0.2) is 0 Å². The molecule has 4 nitrogen and oxygen atoms in total. The lowest BCUT2D eigenvalue weighted by Gasteiger charge is -2.16. The van der Waals surface area contributed by atoms with Gasteiger partial charge < -0.3 is 14.6 Å². The van der Waals surface area contributed by atoms with E-state index in [4.69, 9.17) is 9.47 Å². The van der Waals surface area contributed by atoms with Gasteiger partial charge in [0.25, 0.3) is 0 Å². The summed E-state index contributed by atoms with van der Waals surface area (Å²) in [4.78, 5) is 12.2. The van der Waals surface area contributed by atoms with Gasteiger partial charge in [0.1, 0.15) is 6.10 Å². The minimum atomic E-state index is -0.544. The Morgan fingerprint density at radius 2 is 0.792 bits per heavy atom. The van der Waals surface area contributed by atoms with Crippen LogP contribution in [0.25, 0.3) is 0 Å². The van der Waals surface area contributed by atoms with Crippen LogP contribution in [0.3, 0.4) is 0 Å². The highest BCUT2D eigenvalue weighted by atomic mass is 16.6. The molecule has 0 rings (SSSR count). The first kappa shape index (κ1) is 51.1. The largest absolute Gasteiger partial charge is 0.457 e. The molecule has 0 aromatic heterocycles. The van der Waals surface area contributed by atoms with Gasteiger partial charge in [0.05, 0.1) is 13.2 Å². The van der Waals surface area contributed by atoms with E-state index >= 15 is 0 Å². The van der Waals surface area contributed by atoms with E-state index in [1.165, 1.54) is 161 Å². The van der Waals surface area contributed by atoms with E-state index in [1.54, 1.807) is 0 Å². The zero-order valence-corrected chi connectivity index (χ0v) is 35.3. The maximum atomic E-state index is 12.2. The molecule has 0 radical (unpaired) electrons. The maximum absolute atomic E-state index is 12.2. The zero-order valence-electron chi connectivity index (χ0n) is 35.3. The van der Waals surface area contributed by atoms with Crippen LogP contribution >= 0.6 is 0 Å². The number of esters is 1. The number of carbonyl (C=O) groups excluding carboxylic acids is 1. The zero-order chi connectivity index (χ0) is 38.4. The highest BCUT2D eigenvalue weighted by Crippen LogP contribution is 2.13. The predicted octanol–water partition coefficient (Wildman–Crippen LogP) is 15.2. The van der Waals surface area contributed by atoms with E-state index in [-0.39, 0.29) is 19.2 Å². The molecular weight excluding hydrogens is 653 g/mol. The van der Waals surface area contributed by atoms with E-state index in [0.29, 0.717) is 13.0 Å². The number of carbonyl (C=O) groups is 1. The number of aliphatic hydroxyl groups excluding tert-OH is 1. The molecule has 0 fully saturated rings. The molecular formula is C49H88O4. The Hall–Kier alpha value is -1.91. The predicted molar refractivity (Wildman–Crippen MR) is 233 cm³/mol. The molecule has 4 heteroatoms. The number of hydrogen-bond acceptors (Lipinski definition) is 4. The Bertz CT molecular complexity index is 870. The number of aliphatic hydroxyl groups is 1. The van der Waals surface area contributed by atoms with E-state index in [0.717, 1.165) is 38.5 Å². The molecule has 0 aliphatic carbocycles. The van der Waals surface area contributed by atoms with Crippen molar-refractivity contribution in [2.24, 2.45) is 0 Å². The number of allylic oxidation sites excluding steroid dienone is 10. The van der Waals surface area contributed by atoms with Crippen LogP contribution in [0.4, 0.5) is 0 Å². The number of rotatable bonds is 42. The lowest BCUT2D eigenvalue weighted by atomic mass is 10.1. The summed E-state index contributed by atoms with van der Waals surface area (Å²) in [6.45, 7) is 5.29. The first-order chi connectivity index (χ1) is 26.2.